The third-order valence-corrected chi connectivity index (χ3v) is 8.43. The van der Waals surface area contributed by atoms with Crippen LogP contribution in [0.15, 0.2) is 76.0 Å². The van der Waals surface area contributed by atoms with Crippen LogP contribution in [0.1, 0.15) is 39.3 Å². The summed E-state index contributed by atoms with van der Waals surface area (Å²) in [6, 6.07) is 16.1. The molecule has 1 N–H and O–H groups in total. The van der Waals surface area contributed by atoms with Gasteiger partial charge >= 0.3 is 12.1 Å². The number of furan rings is 1. The number of hydrogen-bond acceptors (Lipinski definition) is 5. The highest BCUT2D eigenvalue weighted by atomic mass is 32.2. The van der Waals surface area contributed by atoms with E-state index in [0.717, 1.165) is 28.3 Å². The molecule has 1 heterocycles. The van der Waals surface area contributed by atoms with Gasteiger partial charge in [0.15, 0.2) is 15.6 Å². The van der Waals surface area contributed by atoms with E-state index in [1.807, 2.05) is 32.9 Å². The van der Waals surface area contributed by atoms with Crippen molar-refractivity contribution in [1.29, 1.82) is 0 Å². The van der Waals surface area contributed by atoms with Gasteiger partial charge in [-0.15, -0.1) is 0 Å². The van der Waals surface area contributed by atoms with Gasteiger partial charge in [-0.3, -0.25) is 9.69 Å². The van der Waals surface area contributed by atoms with Crippen molar-refractivity contribution in [2.24, 2.45) is 0 Å². The maximum Gasteiger partial charge on any atom is 0.449 e. The zero-order valence-electron chi connectivity index (χ0n) is 23.1. The molecule has 0 fully saturated rings. The molecule has 0 bridgehead atoms. The number of carbonyl (C=O) groups is 1. The molecule has 6 nitrogen and oxygen atoms in total. The van der Waals surface area contributed by atoms with Gasteiger partial charge in [0, 0.05) is 18.7 Å². The minimum absolute atomic E-state index is 0.00644. The number of hydrogen-bond donors (Lipinski definition) is 1. The predicted octanol–water partition coefficient (Wildman–Crippen LogP) is 7.09. The molecule has 0 atom stereocenters. The number of carboxylic acids is 1. The van der Waals surface area contributed by atoms with Crippen LogP contribution in [0.3, 0.4) is 0 Å². The average Bonchev–Trinajstić information content (AvgIpc) is 3.36. The van der Waals surface area contributed by atoms with Crippen LogP contribution in [-0.2, 0) is 40.4 Å². The fourth-order valence-corrected chi connectivity index (χ4v) is 5.98. The Kier molecular flexibility index (Phi) is 8.93. The molecule has 0 aliphatic carbocycles. The molecule has 4 rings (SSSR count). The van der Waals surface area contributed by atoms with Gasteiger partial charge < -0.3 is 9.52 Å². The summed E-state index contributed by atoms with van der Waals surface area (Å²) in [5.74, 6) is -4.17. The first-order chi connectivity index (χ1) is 19.6. The monoisotopic (exact) mass is 603 g/mol. The second kappa shape index (κ2) is 12.1. The van der Waals surface area contributed by atoms with Gasteiger partial charge in [0.2, 0.25) is 5.76 Å². The molecule has 4 aromatic rings. The van der Waals surface area contributed by atoms with E-state index in [4.69, 9.17) is 9.52 Å². The molecule has 42 heavy (non-hydrogen) atoms. The molecule has 0 saturated carbocycles. The van der Waals surface area contributed by atoms with E-state index < -0.39 is 39.3 Å². The molecule has 11 heteroatoms. The Morgan fingerprint density at radius 1 is 0.881 bits per heavy atom. The lowest BCUT2D eigenvalue weighted by atomic mass is 9.99. The van der Waals surface area contributed by atoms with Crippen molar-refractivity contribution >= 4 is 15.8 Å². The molecule has 0 aliphatic rings. The standard InChI is InChI=1S/C31H29F4NO5S/c1-19-11-20(2)27(21(3)12-19)17-36(16-25-9-10-29(41-25)31(33,34)35)15-24-8-7-23(14-28(24)32)22-5-4-6-26(13-22)42(39,40)18-30(37)38/h4-14H,15-18H2,1-3H3,(H,37,38). The topological polar surface area (TPSA) is 87.8 Å². The normalized spacial score (nSPS) is 12.2. The number of carboxylic acid groups (broad SMARTS) is 1. The Morgan fingerprint density at radius 3 is 2.14 bits per heavy atom. The molecule has 0 aliphatic heterocycles. The summed E-state index contributed by atoms with van der Waals surface area (Å²) in [6.07, 6.45) is -4.63. The van der Waals surface area contributed by atoms with E-state index in [-0.39, 0.29) is 29.3 Å². The van der Waals surface area contributed by atoms with Crippen LogP contribution in [0, 0.1) is 26.6 Å². The van der Waals surface area contributed by atoms with Crippen molar-refractivity contribution in [3.63, 3.8) is 0 Å². The first-order valence-electron chi connectivity index (χ1n) is 12.9. The third-order valence-electron chi connectivity index (χ3n) is 6.83. The van der Waals surface area contributed by atoms with Crippen LogP contribution in [0.25, 0.3) is 11.1 Å². The molecule has 0 saturated heterocycles. The van der Waals surface area contributed by atoms with Crippen LogP contribution < -0.4 is 0 Å². The maximum absolute atomic E-state index is 15.5. The summed E-state index contributed by atoms with van der Waals surface area (Å²) < 4.78 is 84.6. The summed E-state index contributed by atoms with van der Waals surface area (Å²) in [4.78, 5) is 12.5. The van der Waals surface area contributed by atoms with Crippen molar-refractivity contribution in [2.75, 3.05) is 5.75 Å². The first kappa shape index (κ1) is 31.0. The Bertz CT molecular complexity index is 1700. The fraction of sp³-hybridized carbons (Fsp3) is 0.258. The lowest BCUT2D eigenvalue weighted by Gasteiger charge is -2.24. The number of alkyl halides is 3. The number of nitrogens with zero attached hydrogens (tertiary/aromatic N) is 1. The SMILES string of the molecule is Cc1cc(C)c(CN(Cc2ccc(C(F)(F)F)o2)Cc2ccc(-c3cccc(S(=O)(=O)CC(=O)O)c3)cc2F)c(C)c1. The number of halogens is 4. The summed E-state index contributed by atoms with van der Waals surface area (Å²) in [5, 5.41) is 8.91. The minimum atomic E-state index is -4.63. The van der Waals surface area contributed by atoms with Crippen molar-refractivity contribution in [3.05, 3.63) is 112 Å². The van der Waals surface area contributed by atoms with Gasteiger partial charge in [0.1, 0.15) is 11.6 Å². The minimum Gasteiger partial charge on any atom is -0.480 e. The van der Waals surface area contributed by atoms with E-state index in [0.29, 0.717) is 17.7 Å². The zero-order chi connectivity index (χ0) is 30.8. The molecule has 0 spiro atoms. The first-order valence-corrected chi connectivity index (χ1v) is 14.6. The van der Waals surface area contributed by atoms with Crippen molar-refractivity contribution in [1.82, 2.24) is 4.90 Å². The second-order valence-electron chi connectivity index (χ2n) is 10.3. The van der Waals surface area contributed by atoms with E-state index in [9.17, 15) is 26.4 Å². The summed E-state index contributed by atoms with van der Waals surface area (Å²) in [5.41, 5.74) is 5.08. The van der Waals surface area contributed by atoms with E-state index >= 15 is 4.39 Å². The summed E-state index contributed by atoms with van der Waals surface area (Å²) in [6.45, 7) is 6.23. The third kappa shape index (κ3) is 7.46. The molecule has 222 valence electrons. The fourth-order valence-electron chi connectivity index (χ4n) is 4.90. The van der Waals surface area contributed by atoms with Crippen LogP contribution in [-0.4, -0.2) is 30.1 Å². The lowest BCUT2D eigenvalue weighted by Crippen LogP contribution is -2.24. The van der Waals surface area contributed by atoms with Gasteiger partial charge in [-0.2, -0.15) is 13.2 Å². The number of sulfone groups is 1. The molecule has 1 aromatic heterocycles. The molecule has 0 unspecified atom stereocenters. The van der Waals surface area contributed by atoms with Crippen LogP contribution in [0.5, 0.6) is 0 Å². The van der Waals surface area contributed by atoms with Gasteiger partial charge in [0.05, 0.1) is 11.4 Å². The van der Waals surface area contributed by atoms with Gasteiger partial charge in [-0.25, -0.2) is 12.8 Å². The van der Waals surface area contributed by atoms with Crippen LogP contribution >= 0.6 is 0 Å². The Balaban J connectivity index is 1.64. The largest absolute Gasteiger partial charge is 0.480 e. The molecular weight excluding hydrogens is 574 g/mol. The second-order valence-corrected chi connectivity index (χ2v) is 12.3. The smallest absolute Gasteiger partial charge is 0.449 e. The molecule has 0 radical (unpaired) electrons. The number of rotatable bonds is 10. The maximum atomic E-state index is 15.5. The highest BCUT2D eigenvalue weighted by molar-refractivity contribution is 7.92. The zero-order valence-corrected chi connectivity index (χ0v) is 23.9. The number of aliphatic carboxylic acids is 1. The molecule has 0 amide bonds. The van der Waals surface area contributed by atoms with Crippen LogP contribution in [0.4, 0.5) is 17.6 Å². The van der Waals surface area contributed by atoms with E-state index in [1.54, 1.807) is 17.0 Å². The molecule has 3 aromatic carbocycles. The Labute approximate surface area is 241 Å². The highest BCUT2D eigenvalue weighted by Crippen LogP contribution is 2.32. The quantitative estimate of drug-likeness (QED) is 0.195. The van der Waals surface area contributed by atoms with Gasteiger partial charge in [-0.05, 0) is 78.9 Å². The Hall–Kier alpha value is -3.96. The van der Waals surface area contributed by atoms with E-state index in [1.165, 1.54) is 36.4 Å². The summed E-state index contributed by atoms with van der Waals surface area (Å²) in [7, 11) is -4.08. The number of aryl methyl sites for hydroxylation is 3. The van der Waals surface area contributed by atoms with Gasteiger partial charge in [0.25, 0.3) is 0 Å². The molecular formula is C31H29F4NO5S. The van der Waals surface area contributed by atoms with Crippen molar-refractivity contribution in [3.8, 4) is 11.1 Å². The van der Waals surface area contributed by atoms with Crippen molar-refractivity contribution in [2.45, 2.75) is 51.5 Å². The average molecular weight is 604 g/mol. The number of benzene rings is 3. The Morgan fingerprint density at radius 2 is 1.55 bits per heavy atom. The van der Waals surface area contributed by atoms with E-state index in [2.05, 4.69) is 0 Å². The highest BCUT2D eigenvalue weighted by Gasteiger charge is 2.35. The predicted molar refractivity (Wildman–Crippen MR) is 149 cm³/mol. The van der Waals surface area contributed by atoms with Gasteiger partial charge in [-0.1, -0.05) is 42.0 Å². The summed E-state index contributed by atoms with van der Waals surface area (Å²) >= 11 is 0. The lowest BCUT2D eigenvalue weighted by molar-refractivity contribution is -0.153. The van der Waals surface area contributed by atoms with Crippen LogP contribution in [0.2, 0.25) is 0 Å². The van der Waals surface area contributed by atoms with Crippen molar-refractivity contribution < 1.29 is 40.3 Å².